The number of rotatable bonds is 0. The zero-order valence-electron chi connectivity index (χ0n) is 7.19. The molecule has 0 bridgehead atoms. The normalized spacial score (nSPS) is 15.9. The van der Waals surface area contributed by atoms with E-state index in [1.54, 1.807) is 0 Å². The van der Waals surface area contributed by atoms with E-state index in [4.69, 9.17) is 0 Å². The molecule has 1 N–H and O–H groups in total. The standard InChI is InChI=1S/C9H11BrN2/c1-6-3-8(10)4-7-5-12(2)11-9(6)7/h3-4,11H,5H2,1-2H3. The summed E-state index contributed by atoms with van der Waals surface area (Å²) in [5, 5.41) is 2.09. The Bertz CT molecular complexity index is 323. The van der Waals surface area contributed by atoms with Gasteiger partial charge in [-0.1, -0.05) is 15.9 Å². The fraction of sp³-hybridized carbons (Fsp3) is 0.333. The van der Waals surface area contributed by atoms with Crippen LogP contribution in [-0.4, -0.2) is 12.1 Å². The molecule has 2 rings (SSSR count). The highest BCUT2D eigenvalue weighted by atomic mass is 79.9. The van der Waals surface area contributed by atoms with Gasteiger partial charge in [0.15, 0.2) is 0 Å². The Labute approximate surface area is 80.7 Å². The monoisotopic (exact) mass is 226 g/mol. The molecule has 2 nitrogen and oxygen atoms in total. The Kier molecular flexibility index (Phi) is 1.85. The average molecular weight is 227 g/mol. The first-order valence-electron chi connectivity index (χ1n) is 3.93. The fourth-order valence-electron chi connectivity index (χ4n) is 1.58. The van der Waals surface area contributed by atoms with E-state index in [1.165, 1.54) is 16.8 Å². The van der Waals surface area contributed by atoms with E-state index in [1.807, 2.05) is 7.05 Å². The van der Waals surface area contributed by atoms with Crippen LogP contribution in [0.2, 0.25) is 0 Å². The average Bonchev–Trinajstić information content (AvgIpc) is 2.29. The van der Waals surface area contributed by atoms with Gasteiger partial charge in [-0.05, 0) is 30.2 Å². The number of nitrogens with one attached hydrogen (secondary N) is 1. The minimum absolute atomic E-state index is 0.982. The highest BCUT2D eigenvalue weighted by Gasteiger charge is 2.16. The number of benzene rings is 1. The van der Waals surface area contributed by atoms with Crippen molar-refractivity contribution in [2.24, 2.45) is 0 Å². The van der Waals surface area contributed by atoms with E-state index in [2.05, 4.69) is 45.4 Å². The number of hydrogen-bond acceptors (Lipinski definition) is 2. The van der Waals surface area contributed by atoms with Gasteiger partial charge in [0.05, 0.1) is 5.69 Å². The van der Waals surface area contributed by atoms with Crippen molar-refractivity contribution in [3.05, 3.63) is 27.7 Å². The highest BCUT2D eigenvalue weighted by Crippen LogP contribution is 2.30. The van der Waals surface area contributed by atoms with E-state index < -0.39 is 0 Å². The lowest BCUT2D eigenvalue weighted by Gasteiger charge is -2.08. The predicted molar refractivity (Wildman–Crippen MR) is 54.0 cm³/mol. The van der Waals surface area contributed by atoms with E-state index in [0.717, 1.165) is 11.0 Å². The quantitative estimate of drug-likeness (QED) is 0.732. The largest absolute Gasteiger partial charge is 0.318 e. The van der Waals surface area contributed by atoms with E-state index in [0.29, 0.717) is 0 Å². The lowest BCUT2D eigenvalue weighted by atomic mass is 10.1. The second-order valence-corrected chi connectivity index (χ2v) is 4.14. The molecule has 1 heterocycles. The molecular formula is C9H11BrN2. The summed E-state index contributed by atoms with van der Waals surface area (Å²) >= 11 is 3.49. The van der Waals surface area contributed by atoms with Gasteiger partial charge >= 0.3 is 0 Å². The van der Waals surface area contributed by atoms with Gasteiger partial charge in [0, 0.05) is 18.1 Å². The highest BCUT2D eigenvalue weighted by molar-refractivity contribution is 9.10. The molecule has 1 aliphatic heterocycles. The van der Waals surface area contributed by atoms with Gasteiger partial charge in [-0.3, -0.25) is 0 Å². The van der Waals surface area contributed by atoms with Gasteiger partial charge in [0.25, 0.3) is 0 Å². The van der Waals surface area contributed by atoms with Gasteiger partial charge in [-0.15, -0.1) is 0 Å². The second-order valence-electron chi connectivity index (χ2n) is 3.22. The summed E-state index contributed by atoms with van der Waals surface area (Å²) in [4.78, 5) is 0. The zero-order valence-corrected chi connectivity index (χ0v) is 8.77. The topological polar surface area (TPSA) is 15.3 Å². The lowest BCUT2D eigenvalue weighted by Crippen LogP contribution is -2.16. The zero-order chi connectivity index (χ0) is 8.72. The van der Waals surface area contributed by atoms with Crippen molar-refractivity contribution in [1.29, 1.82) is 0 Å². The fourth-order valence-corrected chi connectivity index (χ4v) is 2.20. The van der Waals surface area contributed by atoms with Gasteiger partial charge in [0.1, 0.15) is 0 Å². The van der Waals surface area contributed by atoms with Crippen molar-refractivity contribution < 1.29 is 0 Å². The lowest BCUT2D eigenvalue weighted by molar-refractivity contribution is 0.422. The summed E-state index contributed by atoms with van der Waals surface area (Å²) in [6.07, 6.45) is 0. The van der Waals surface area contributed by atoms with Crippen LogP contribution in [0.4, 0.5) is 5.69 Å². The van der Waals surface area contributed by atoms with E-state index >= 15 is 0 Å². The SMILES string of the molecule is Cc1cc(Br)cc2c1NN(C)C2. The van der Waals surface area contributed by atoms with Gasteiger partial charge in [0.2, 0.25) is 0 Å². The van der Waals surface area contributed by atoms with Crippen LogP contribution >= 0.6 is 15.9 Å². The second kappa shape index (κ2) is 2.75. The number of hydrazine groups is 1. The molecule has 0 aromatic heterocycles. The third kappa shape index (κ3) is 1.23. The molecule has 0 saturated carbocycles. The minimum atomic E-state index is 0.982. The number of aryl methyl sites for hydroxylation is 1. The van der Waals surface area contributed by atoms with Crippen LogP contribution in [0, 0.1) is 6.92 Å². The molecule has 1 aromatic carbocycles. The molecule has 0 aliphatic carbocycles. The van der Waals surface area contributed by atoms with Crippen LogP contribution in [0.15, 0.2) is 16.6 Å². The van der Waals surface area contributed by atoms with Crippen LogP contribution in [0.5, 0.6) is 0 Å². The first kappa shape index (κ1) is 8.08. The Morgan fingerprint density at radius 1 is 1.50 bits per heavy atom. The molecule has 0 amide bonds. The Balaban J connectivity index is 2.52. The summed E-state index contributed by atoms with van der Waals surface area (Å²) in [7, 11) is 2.05. The van der Waals surface area contributed by atoms with Crippen LogP contribution in [0.1, 0.15) is 11.1 Å². The van der Waals surface area contributed by atoms with Crippen LogP contribution in [-0.2, 0) is 6.54 Å². The maximum atomic E-state index is 3.49. The molecule has 1 aromatic rings. The summed E-state index contributed by atoms with van der Waals surface area (Å²) in [5.41, 5.74) is 7.23. The predicted octanol–water partition coefficient (Wildman–Crippen LogP) is 2.53. The number of hydrogen-bond donors (Lipinski definition) is 1. The molecule has 0 radical (unpaired) electrons. The third-order valence-electron chi connectivity index (χ3n) is 2.09. The van der Waals surface area contributed by atoms with E-state index in [-0.39, 0.29) is 0 Å². The number of fused-ring (bicyclic) bond motifs is 1. The maximum Gasteiger partial charge on any atom is 0.0565 e. The number of nitrogens with zero attached hydrogens (tertiary/aromatic N) is 1. The van der Waals surface area contributed by atoms with Crippen molar-refractivity contribution in [2.75, 3.05) is 12.5 Å². The van der Waals surface area contributed by atoms with Gasteiger partial charge < -0.3 is 5.43 Å². The molecule has 0 saturated heterocycles. The molecule has 64 valence electrons. The number of anilines is 1. The molecule has 0 fully saturated rings. The molecule has 12 heavy (non-hydrogen) atoms. The van der Waals surface area contributed by atoms with Gasteiger partial charge in [-0.2, -0.15) is 0 Å². The van der Waals surface area contributed by atoms with Crippen LogP contribution < -0.4 is 5.43 Å². The van der Waals surface area contributed by atoms with Crippen LogP contribution in [0.25, 0.3) is 0 Å². The first-order chi connectivity index (χ1) is 5.66. The van der Waals surface area contributed by atoms with E-state index in [9.17, 15) is 0 Å². The Hall–Kier alpha value is -0.540. The van der Waals surface area contributed by atoms with Crippen molar-refractivity contribution in [2.45, 2.75) is 13.5 Å². The molecular weight excluding hydrogens is 216 g/mol. The Morgan fingerprint density at radius 2 is 2.25 bits per heavy atom. The molecule has 1 aliphatic rings. The summed E-state index contributed by atoms with van der Waals surface area (Å²) < 4.78 is 1.16. The molecule has 0 atom stereocenters. The van der Waals surface area contributed by atoms with Crippen molar-refractivity contribution in [3.8, 4) is 0 Å². The summed E-state index contributed by atoms with van der Waals surface area (Å²) in [5.74, 6) is 0. The number of halogens is 1. The minimum Gasteiger partial charge on any atom is -0.318 e. The van der Waals surface area contributed by atoms with Crippen molar-refractivity contribution in [3.63, 3.8) is 0 Å². The van der Waals surface area contributed by atoms with Crippen molar-refractivity contribution in [1.82, 2.24) is 5.01 Å². The Morgan fingerprint density at radius 3 is 3.00 bits per heavy atom. The smallest absolute Gasteiger partial charge is 0.0565 e. The summed E-state index contributed by atoms with van der Waals surface area (Å²) in [6, 6.07) is 4.30. The molecule has 0 unspecified atom stereocenters. The van der Waals surface area contributed by atoms with Crippen LogP contribution in [0.3, 0.4) is 0 Å². The third-order valence-corrected chi connectivity index (χ3v) is 2.55. The summed E-state index contributed by atoms with van der Waals surface area (Å²) in [6.45, 7) is 3.10. The first-order valence-corrected chi connectivity index (χ1v) is 4.73. The maximum absolute atomic E-state index is 3.49. The molecule has 3 heteroatoms. The van der Waals surface area contributed by atoms with Gasteiger partial charge in [-0.25, -0.2) is 5.01 Å². The van der Waals surface area contributed by atoms with Crippen molar-refractivity contribution >= 4 is 21.6 Å². The molecule has 0 spiro atoms.